The molecule has 4 nitrogen and oxygen atoms in total. The third-order valence-corrected chi connectivity index (χ3v) is 4.26. The largest absolute Gasteiger partial charge is 0.490 e. The molecule has 19 heavy (non-hydrogen) atoms. The van der Waals surface area contributed by atoms with E-state index in [1.54, 1.807) is 0 Å². The van der Waals surface area contributed by atoms with Crippen LogP contribution in [0.15, 0.2) is 24.0 Å². The molecule has 0 N–H and O–H groups in total. The lowest BCUT2D eigenvalue weighted by molar-refractivity contribution is -0.131. The summed E-state index contributed by atoms with van der Waals surface area (Å²) in [6.45, 7) is 6.49. The lowest BCUT2D eigenvalue weighted by atomic mass is 9.86. The average Bonchev–Trinajstić information content (AvgIpc) is 2.90. The zero-order chi connectivity index (χ0) is 13.2. The number of hydrogen-bond donors (Lipinski definition) is 0. The normalized spacial score (nSPS) is 30.8. The zero-order valence-corrected chi connectivity index (χ0v) is 11.3. The highest BCUT2D eigenvalue weighted by Gasteiger charge is 2.37. The van der Waals surface area contributed by atoms with Crippen LogP contribution in [0.25, 0.3) is 0 Å². The highest BCUT2D eigenvalue weighted by Crippen LogP contribution is 2.41. The number of amides is 1. The second-order valence-corrected chi connectivity index (χ2v) is 5.46. The van der Waals surface area contributed by atoms with Crippen LogP contribution >= 0.6 is 0 Å². The number of nitrogens with zero attached hydrogens (tertiary/aromatic N) is 1. The van der Waals surface area contributed by atoms with Gasteiger partial charge in [0.1, 0.15) is 11.9 Å². The summed E-state index contributed by atoms with van der Waals surface area (Å²) in [5.74, 6) is 1.54. The van der Waals surface area contributed by atoms with Crippen molar-refractivity contribution in [1.29, 1.82) is 0 Å². The fourth-order valence-electron chi connectivity index (χ4n) is 3.22. The van der Waals surface area contributed by atoms with Crippen LogP contribution in [0, 0.1) is 5.92 Å². The summed E-state index contributed by atoms with van der Waals surface area (Å²) in [6.07, 6.45) is 6.00. The van der Waals surface area contributed by atoms with Gasteiger partial charge < -0.3 is 14.4 Å². The molecule has 0 saturated carbocycles. The van der Waals surface area contributed by atoms with E-state index in [4.69, 9.17) is 9.47 Å². The Bertz CT molecular complexity index is 410. The first-order valence-corrected chi connectivity index (χ1v) is 7.19. The van der Waals surface area contributed by atoms with Crippen LogP contribution in [-0.4, -0.2) is 43.2 Å². The molecule has 0 spiro atoms. The zero-order valence-electron chi connectivity index (χ0n) is 11.3. The van der Waals surface area contributed by atoms with E-state index < -0.39 is 0 Å². The van der Waals surface area contributed by atoms with Crippen molar-refractivity contribution in [2.45, 2.75) is 31.8 Å². The third-order valence-electron chi connectivity index (χ3n) is 4.26. The standard InChI is InChI=1S/C15H21NO3/c1-2-12-10-11-4-3-5-13(14(11)19-12)15(17)16-6-8-18-9-7-16/h2,11-12H,1,3-10H2/t11-,12+/m1/s1. The fraction of sp³-hybridized carbons (Fsp3) is 0.667. The molecule has 2 fully saturated rings. The van der Waals surface area contributed by atoms with Gasteiger partial charge in [0.2, 0.25) is 0 Å². The Morgan fingerprint density at radius 3 is 2.89 bits per heavy atom. The maximum absolute atomic E-state index is 12.6. The Morgan fingerprint density at radius 2 is 2.16 bits per heavy atom. The van der Waals surface area contributed by atoms with Gasteiger partial charge >= 0.3 is 0 Å². The Labute approximate surface area is 114 Å². The molecule has 104 valence electrons. The lowest BCUT2D eigenvalue weighted by Crippen LogP contribution is -2.42. The maximum atomic E-state index is 12.6. The van der Waals surface area contributed by atoms with E-state index in [-0.39, 0.29) is 12.0 Å². The summed E-state index contributed by atoms with van der Waals surface area (Å²) in [5, 5.41) is 0. The number of carbonyl (C=O) groups excluding carboxylic acids is 1. The van der Waals surface area contributed by atoms with Crippen LogP contribution in [0.1, 0.15) is 25.7 Å². The Kier molecular flexibility index (Phi) is 3.60. The molecular formula is C15H21NO3. The van der Waals surface area contributed by atoms with Gasteiger partial charge in [0.05, 0.1) is 18.8 Å². The minimum Gasteiger partial charge on any atom is -0.490 e. The van der Waals surface area contributed by atoms with Crippen molar-refractivity contribution in [2.24, 2.45) is 5.92 Å². The monoisotopic (exact) mass is 263 g/mol. The fourth-order valence-corrected chi connectivity index (χ4v) is 3.22. The molecule has 2 saturated heterocycles. The molecule has 1 amide bonds. The topological polar surface area (TPSA) is 38.8 Å². The minimum atomic E-state index is 0.0885. The van der Waals surface area contributed by atoms with Gasteiger partial charge in [-0.1, -0.05) is 12.7 Å². The van der Waals surface area contributed by atoms with Crippen molar-refractivity contribution in [2.75, 3.05) is 26.3 Å². The molecule has 4 heteroatoms. The van der Waals surface area contributed by atoms with E-state index in [0.29, 0.717) is 32.2 Å². The van der Waals surface area contributed by atoms with Crippen molar-refractivity contribution in [3.8, 4) is 0 Å². The molecule has 0 aromatic rings. The van der Waals surface area contributed by atoms with Gasteiger partial charge in [-0.2, -0.15) is 0 Å². The van der Waals surface area contributed by atoms with E-state index in [2.05, 4.69) is 6.58 Å². The van der Waals surface area contributed by atoms with Crippen molar-refractivity contribution < 1.29 is 14.3 Å². The molecule has 0 aromatic carbocycles. The summed E-state index contributed by atoms with van der Waals surface area (Å²) >= 11 is 0. The van der Waals surface area contributed by atoms with E-state index in [1.807, 2.05) is 11.0 Å². The third kappa shape index (κ3) is 2.41. The summed E-state index contributed by atoms with van der Waals surface area (Å²) in [6, 6.07) is 0. The van der Waals surface area contributed by atoms with Crippen LogP contribution in [0.3, 0.4) is 0 Å². The number of morpholine rings is 1. The molecule has 3 aliphatic rings. The molecule has 0 aromatic heterocycles. The van der Waals surface area contributed by atoms with Crippen molar-refractivity contribution >= 4 is 5.91 Å². The highest BCUT2D eigenvalue weighted by atomic mass is 16.5. The Balaban J connectivity index is 1.81. The lowest BCUT2D eigenvalue weighted by Gasteiger charge is -2.30. The summed E-state index contributed by atoms with van der Waals surface area (Å²) in [4.78, 5) is 14.5. The molecule has 1 aliphatic carbocycles. The first kappa shape index (κ1) is 12.7. The van der Waals surface area contributed by atoms with Gasteiger partial charge in [-0.05, 0) is 25.7 Å². The van der Waals surface area contributed by atoms with Gasteiger partial charge in [0.25, 0.3) is 5.91 Å². The summed E-state index contributed by atoms with van der Waals surface area (Å²) in [5.41, 5.74) is 0.905. The summed E-state index contributed by atoms with van der Waals surface area (Å²) < 4.78 is 11.2. The first-order valence-electron chi connectivity index (χ1n) is 7.19. The van der Waals surface area contributed by atoms with Crippen LogP contribution in [0.2, 0.25) is 0 Å². The molecule has 2 aliphatic heterocycles. The van der Waals surface area contributed by atoms with Gasteiger partial charge in [-0.3, -0.25) is 4.79 Å². The number of carbonyl (C=O) groups is 1. The minimum absolute atomic E-state index is 0.0885. The average molecular weight is 263 g/mol. The number of allylic oxidation sites excluding steroid dienone is 1. The van der Waals surface area contributed by atoms with Gasteiger partial charge in [-0.15, -0.1) is 0 Å². The maximum Gasteiger partial charge on any atom is 0.253 e. The van der Waals surface area contributed by atoms with Crippen molar-refractivity contribution in [1.82, 2.24) is 4.90 Å². The number of rotatable bonds is 2. The molecule has 2 atom stereocenters. The van der Waals surface area contributed by atoms with Crippen LogP contribution < -0.4 is 0 Å². The first-order chi connectivity index (χ1) is 9.29. The van der Waals surface area contributed by atoms with Gasteiger partial charge in [-0.25, -0.2) is 0 Å². The Morgan fingerprint density at radius 1 is 1.37 bits per heavy atom. The predicted molar refractivity (Wildman–Crippen MR) is 71.5 cm³/mol. The van der Waals surface area contributed by atoms with Crippen LogP contribution in [0.5, 0.6) is 0 Å². The highest BCUT2D eigenvalue weighted by molar-refractivity contribution is 5.94. The molecule has 0 unspecified atom stereocenters. The number of hydrogen-bond acceptors (Lipinski definition) is 3. The predicted octanol–water partition coefficient (Wildman–Crippen LogP) is 1.87. The molecule has 0 bridgehead atoms. The molecular weight excluding hydrogens is 242 g/mol. The van der Waals surface area contributed by atoms with Crippen molar-refractivity contribution in [3.05, 3.63) is 24.0 Å². The second kappa shape index (κ2) is 5.37. The molecule has 2 heterocycles. The van der Waals surface area contributed by atoms with E-state index in [9.17, 15) is 4.79 Å². The number of fused-ring (bicyclic) bond motifs is 1. The number of ether oxygens (including phenoxy) is 2. The van der Waals surface area contributed by atoms with Crippen LogP contribution in [-0.2, 0) is 14.3 Å². The molecule has 0 radical (unpaired) electrons. The van der Waals surface area contributed by atoms with E-state index in [0.717, 1.165) is 37.0 Å². The van der Waals surface area contributed by atoms with Crippen LogP contribution in [0.4, 0.5) is 0 Å². The quantitative estimate of drug-likeness (QED) is 0.714. The molecule has 3 rings (SSSR count). The Hall–Kier alpha value is -1.29. The smallest absolute Gasteiger partial charge is 0.253 e. The van der Waals surface area contributed by atoms with Gasteiger partial charge in [0, 0.05) is 19.0 Å². The second-order valence-electron chi connectivity index (χ2n) is 5.46. The van der Waals surface area contributed by atoms with E-state index >= 15 is 0 Å². The SMILES string of the molecule is C=C[C@H]1C[C@H]2CCCC(C(=O)N3CCOCC3)=C2O1. The van der Waals surface area contributed by atoms with E-state index in [1.165, 1.54) is 0 Å². The van der Waals surface area contributed by atoms with Crippen molar-refractivity contribution in [3.63, 3.8) is 0 Å². The summed E-state index contributed by atoms with van der Waals surface area (Å²) in [7, 11) is 0. The van der Waals surface area contributed by atoms with Gasteiger partial charge in [0.15, 0.2) is 0 Å².